The van der Waals surface area contributed by atoms with E-state index in [1.807, 2.05) is 0 Å². The van der Waals surface area contributed by atoms with Gasteiger partial charge in [0.25, 0.3) is 5.91 Å². The van der Waals surface area contributed by atoms with Crippen LogP contribution in [0.4, 0.5) is 23.2 Å². The van der Waals surface area contributed by atoms with Gasteiger partial charge in [0.1, 0.15) is 12.4 Å². The van der Waals surface area contributed by atoms with Gasteiger partial charge >= 0.3 is 6.18 Å². The van der Waals surface area contributed by atoms with Crippen molar-refractivity contribution in [3.8, 4) is 11.5 Å². The Kier molecular flexibility index (Phi) is 6.03. The van der Waals surface area contributed by atoms with Gasteiger partial charge < -0.3 is 14.8 Å². The molecule has 0 fully saturated rings. The van der Waals surface area contributed by atoms with Gasteiger partial charge in [0.2, 0.25) is 0 Å². The molecule has 0 unspecified atom stereocenters. The molecule has 1 amide bonds. The Hall–Kier alpha value is -3.52. The molecular formula is C24H16ClF4NO3. The summed E-state index contributed by atoms with van der Waals surface area (Å²) in [6.45, 7) is 0.119. The van der Waals surface area contributed by atoms with Crippen LogP contribution in [0.15, 0.2) is 54.6 Å². The number of alkyl halides is 3. The lowest BCUT2D eigenvalue weighted by Crippen LogP contribution is -2.06. The highest BCUT2D eigenvalue weighted by atomic mass is 35.5. The standard InChI is InChI=1S/C24H16ClF4NO3/c1-32-21-10-14(9-19(25)22(21)33-12-13-2-5-16(26)6-3-13)8-18-17-7-4-15(24(27,28)29)11-20(17)30-23(18)31/h2-11H,12H2,1H3,(H,30,31)/b18-8-. The molecule has 3 aromatic carbocycles. The molecular weight excluding hydrogens is 462 g/mol. The van der Waals surface area contributed by atoms with Gasteiger partial charge in [-0.05, 0) is 53.6 Å². The van der Waals surface area contributed by atoms with Crippen LogP contribution in [0.5, 0.6) is 11.5 Å². The zero-order chi connectivity index (χ0) is 23.8. The first kappa shape index (κ1) is 22.7. The molecule has 1 aliphatic rings. The summed E-state index contributed by atoms with van der Waals surface area (Å²) < 4.78 is 63.1. The predicted molar refractivity (Wildman–Crippen MR) is 117 cm³/mol. The van der Waals surface area contributed by atoms with Crippen molar-refractivity contribution in [1.29, 1.82) is 0 Å². The van der Waals surface area contributed by atoms with Crippen molar-refractivity contribution < 1.29 is 31.8 Å². The SMILES string of the molecule is COc1cc(/C=C2\C(=O)Nc3cc(C(F)(F)F)ccc32)cc(Cl)c1OCc1ccc(F)cc1. The molecule has 0 atom stereocenters. The van der Waals surface area contributed by atoms with Crippen LogP contribution in [0.1, 0.15) is 22.3 Å². The largest absolute Gasteiger partial charge is 0.493 e. The number of fused-ring (bicyclic) bond motifs is 1. The Bertz CT molecular complexity index is 1250. The van der Waals surface area contributed by atoms with Crippen LogP contribution in [0, 0.1) is 5.82 Å². The van der Waals surface area contributed by atoms with Crippen molar-refractivity contribution in [3.05, 3.63) is 87.7 Å². The van der Waals surface area contributed by atoms with E-state index in [4.69, 9.17) is 21.1 Å². The molecule has 33 heavy (non-hydrogen) atoms. The number of hydrogen-bond acceptors (Lipinski definition) is 3. The molecule has 3 aromatic rings. The second-order valence-corrected chi connectivity index (χ2v) is 7.63. The smallest absolute Gasteiger partial charge is 0.416 e. The van der Waals surface area contributed by atoms with Gasteiger partial charge in [-0.2, -0.15) is 13.2 Å². The monoisotopic (exact) mass is 477 g/mol. The highest BCUT2D eigenvalue weighted by Crippen LogP contribution is 2.41. The third kappa shape index (κ3) is 4.80. The predicted octanol–water partition coefficient (Wildman–Crippen LogP) is 6.58. The van der Waals surface area contributed by atoms with Crippen molar-refractivity contribution >= 4 is 34.8 Å². The van der Waals surface area contributed by atoms with Crippen molar-refractivity contribution in [2.75, 3.05) is 12.4 Å². The summed E-state index contributed by atoms with van der Waals surface area (Å²) in [6.07, 6.45) is -3.01. The summed E-state index contributed by atoms with van der Waals surface area (Å²) in [5.41, 5.74) is 0.979. The zero-order valence-corrected chi connectivity index (χ0v) is 17.9. The number of hydrogen-bond donors (Lipinski definition) is 1. The molecule has 0 saturated carbocycles. The number of ether oxygens (including phenoxy) is 2. The quantitative estimate of drug-likeness (QED) is 0.333. The molecule has 9 heteroatoms. The lowest BCUT2D eigenvalue weighted by Gasteiger charge is -2.14. The van der Waals surface area contributed by atoms with E-state index in [1.54, 1.807) is 24.3 Å². The second-order valence-electron chi connectivity index (χ2n) is 7.22. The van der Waals surface area contributed by atoms with Gasteiger partial charge in [0.15, 0.2) is 11.5 Å². The summed E-state index contributed by atoms with van der Waals surface area (Å²) in [4.78, 5) is 12.4. The number of rotatable bonds is 5. The van der Waals surface area contributed by atoms with Gasteiger partial charge in [-0.15, -0.1) is 0 Å². The molecule has 1 N–H and O–H groups in total. The number of halogens is 5. The highest BCUT2D eigenvalue weighted by Gasteiger charge is 2.33. The minimum atomic E-state index is -4.52. The number of amides is 1. The molecule has 0 aromatic heterocycles. The van der Waals surface area contributed by atoms with Crippen LogP contribution >= 0.6 is 11.6 Å². The van der Waals surface area contributed by atoms with E-state index in [1.165, 1.54) is 31.4 Å². The third-order valence-electron chi connectivity index (χ3n) is 4.99. The number of methoxy groups -OCH3 is 1. The van der Waals surface area contributed by atoms with E-state index in [0.717, 1.165) is 17.7 Å². The first-order valence-corrected chi connectivity index (χ1v) is 10.0. The number of anilines is 1. The van der Waals surface area contributed by atoms with Crippen LogP contribution in [0.2, 0.25) is 5.02 Å². The fraction of sp³-hybridized carbons (Fsp3) is 0.125. The lowest BCUT2D eigenvalue weighted by atomic mass is 10.0. The van der Waals surface area contributed by atoms with Crippen molar-refractivity contribution in [2.24, 2.45) is 0 Å². The Morgan fingerprint density at radius 1 is 1.06 bits per heavy atom. The zero-order valence-electron chi connectivity index (χ0n) is 17.1. The maximum Gasteiger partial charge on any atom is 0.416 e. The van der Waals surface area contributed by atoms with Gasteiger partial charge in [-0.25, -0.2) is 4.39 Å². The Morgan fingerprint density at radius 3 is 2.45 bits per heavy atom. The summed E-state index contributed by atoms with van der Waals surface area (Å²) in [5.74, 6) is -0.339. The fourth-order valence-corrected chi connectivity index (χ4v) is 3.65. The van der Waals surface area contributed by atoms with E-state index < -0.39 is 17.6 Å². The third-order valence-corrected chi connectivity index (χ3v) is 5.27. The van der Waals surface area contributed by atoms with Gasteiger partial charge in [-0.1, -0.05) is 29.8 Å². The van der Waals surface area contributed by atoms with E-state index in [9.17, 15) is 22.4 Å². The molecule has 4 nitrogen and oxygen atoms in total. The topological polar surface area (TPSA) is 47.6 Å². The number of carbonyl (C=O) groups excluding carboxylic acids is 1. The van der Waals surface area contributed by atoms with E-state index in [-0.39, 0.29) is 34.5 Å². The second kappa shape index (κ2) is 8.78. The lowest BCUT2D eigenvalue weighted by molar-refractivity contribution is -0.137. The summed E-state index contributed by atoms with van der Waals surface area (Å²) in [5, 5.41) is 2.66. The molecule has 0 saturated heterocycles. The first-order chi connectivity index (χ1) is 15.7. The highest BCUT2D eigenvalue weighted by molar-refractivity contribution is 6.35. The van der Waals surface area contributed by atoms with Gasteiger partial charge in [0, 0.05) is 16.8 Å². The summed E-state index contributed by atoms with van der Waals surface area (Å²) in [7, 11) is 1.42. The fourth-order valence-electron chi connectivity index (χ4n) is 3.38. The average Bonchev–Trinajstić information content (AvgIpc) is 3.07. The average molecular weight is 478 g/mol. The van der Waals surface area contributed by atoms with Crippen molar-refractivity contribution in [3.63, 3.8) is 0 Å². The Morgan fingerprint density at radius 2 is 1.79 bits per heavy atom. The van der Waals surface area contributed by atoms with Crippen LogP contribution in [0.25, 0.3) is 11.6 Å². The van der Waals surface area contributed by atoms with E-state index in [0.29, 0.717) is 16.9 Å². The molecule has 1 aliphatic heterocycles. The van der Waals surface area contributed by atoms with Gasteiger partial charge in [-0.3, -0.25) is 4.79 Å². The Labute approximate surface area is 191 Å². The van der Waals surface area contributed by atoms with Crippen molar-refractivity contribution in [2.45, 2.75) is 12.8 Å². The molecule has 1 heterocycles. The molecule has 170 valence electrons. The minimum Gasteiger partial charge on any atom is -0.493 e. The maximum atomic E-state index is 13.1. The van der Waals surface area contributed by atoms with Crippen LogP contribution < -0.4 is 14.8 Å². The van der Waals surface area contributed by atoms with Crippen LogP contribution in [0.3, 0.4) is 0 Å². The Balaban J connectivity index is 1.63. The molecule has 0 aliphatic carbocycles. The molecule has 0 radical (unpaired) electrons. The van der Waals surface area contributed by atoms with E-state index in [2.05, 4.69) is 5.32 Å². The number of benzene rings is 3. The van der Waals surface area contributed by atoms with Gasteiger partial charge in [0.05, 0.1) is 17.7 Å². The van der Waals surface area contributed by atoms with E-state index >= 15 is 0 Å². The molecule has 4 rings (SSSR count). The minimum absolute atomic E-state index is 0.0818. The summed E-state index contributed by atoms with van der Waals surface area (Å²) in [6, 6.07) is 12.0. The number of nitrogens with one attached hydrogen (secondary N) is 1. The van der Waals surface area contributed by atoms with Crippen LogP contribution in [-0.2, 0) is 17.6 Å². The normalized spacial score (nSPS) is 14.2. The molecule has 0 spiro atoms. The van der Waals surface area contributed by atoms with Crippen molar-refractivity contribution in [1.82, 2.24) is 0 Å². The molecule has 0 bridgehead atoms. The maximum absolute atomic E-state index is 13.1. The number of carbonyl (C=O) groups is 1. The first-order valence-electron chi connectivity index (χ1n) is 9.65. The van der Waals surface area contributed by atoms with Crippen LogP contribution in [-0.4, -0.2) is 13.0 Å². The summed E-state index contributed by atoms with van der Waals surface area (Å²) >= 11 is 6.38.